The molecule has 152 valence electrons. The number of amides is 2. The minimum absolute atomic E-state index is 0.123. The third kappa shape index (κ3) is 5.40. The Labute approximate surface area is 170 Å². The summed E-state index contributed by atoms with van der Waals surface area (Å²) in [7, 11) is 0. The number of nitrogens with one attached hydrogen (secondary N) is 2. The zero-order valence-electron chi connectivity index (χ0n) is 17.1. The highest BCUT2D eigenvalue weighted by Crippen LogP contribution is 2.30. The first kappa shape index (κ1) is 20.5. The van der Waals surface area contributed by atoms with Gasteiger partial charge in [0.05, 0.1) is 29.5 Å². The lowest BCUT2D eigenvalue weighted by Gasteiger charge is -2.23. The normalized spacial score (nSPS) is 20.3. The molecule has 7 heteroatoms. The fraction of sp³-hybridized carbons (Fsp3) is 0.364. The Balaban J connectivity index is 2.01. The lowest BCUT2D eigenvalue weighted by atomic mass is 10.00. The molecule has 3 rings (SSSR count). The number of fused-ring (bicyclic) bond motifs is 4. The maximum atomic E-state index is 12.5. The zero-order chi connectivity index (χ0) is 21.0. The molecule has 3 heterocycles. The minimum atomic E-state index is -0.598. The highest BCUT2D eigenvalue weighted by molar-refractivity contribution is 5.97. The predicted molar refractivity (Wildman–Crippen MR) is 111 cm³/mol. The average Bonchev–Trinajstić information content (AvgIpc) is 2.65. The van der Waals surface area contributed by atoms with E-state index < -0.39 is 11.7 Å². The second-order valence-corrected chi connectivity index (χ2v) is 8.03. The summed E-state index contributed by atoms with van der Waals surface area (Å²) in [5, 5.41) is 5.84. The summed E-state index contributed by atoms with van der Waals surface area (Å²) in [4.78, 5) is 33.5. The van der Waals surface area contributed by atoms with Gasteiger partial charge in [0.1, 0.15) is 5.60 Å². The molecule has 2 aromatic rings. The number of carbonyl (C=O) groups is 2. The van der Waals surface area contributed by atoms with Crippen molar-refractivity contribution in [1.82, 2.24) is 15.3 Å². The largest absolute Gasteiger partial charge is 0.444 e. The number of hydrogen-bond donors (Lipinski definition) is 2. The van der Waals surface area contributed by atoms with Gasteiger partial charge in [-0.15, -0.1) is 0 Å². The van der Waals surface area contributed by atoms with Gasteiger partial charge < -0.3 is 15.4 Å². The number of pyridine rings is 2. The van der Waals surface area contributed by atoms with Crippen LogP contribution in [0, 0.1) is 5.92 Å². The number of alkyl carbamates (subject to hydrolysis) is 1. The van der Waals surface area contributed by atoms with E-state index in [1.165, 1.54) is 0 Å². The van der Waals surface area contributed by atoms with Crippen LogP contribution < -0.4 is 10.6 Å². The van der Waals surface area contributed by atoms with Crippen molar-refractivity contribution in [1.29, 1.82) is 0 Å². The smallest absolute Gasteiger partial charge is 0.408 e. The van der Waals surface area contributed by atoms with Crippen molar-refractivity contribution in [2.75, 3.05) is 5.32 Å². The van der Waals surface area contributed by atoms with Crippen LogP contribution in [0.25, 0.3) is 11.1 Å². The van der Waals surface area contributed by atoms with Gasteiger partial charge in [-0.2, -0.15) is 0 Å². The SMILES string of the molecule is C[C@@H]1/C=C/C[C@H](NC(=O)OC(C)(C)C)c2cc(ccn2)-c2ccncc2NC1=O. The number of rotatable bonds is 1. The molecule has 0 unspecified atom stereocenters. The third-order valence-electron chi connectivity index (χ3n) is 4.43. The fourth-order valence-corrected chi connectivity index (χ4v) is 3.01. The molecular weight excluding hydrogens is 368 g/mol. The van der Waals surface area contributed by atoms with Gasteiger partial charge in [-0.1, -0.05) is 19.1 Å². The first-order chi connectivity index (χ1) is 13.7. The molecule has 0 radical (unpaired) electrons. The van der Waals surface area contributed by atoms with Crippen molar-refractivity contribution >= 4 is 17.7 Å². The highest BCUT2D eigenvalue weighted by Gasteiger charge is 2.22. The quantitative estimate of drug-likeness (QED) is 0.706. The molecule has 1 aliphatic heterocycles. The van der Waals surface area contributed by atoms with Crippen molar-refractivity contribution in [3.8, 4) is 11.1 Å². The minimum Gasteiger partial charge on any atom is -0.444 e. The van der Waals surface area contributed by atoms with Gasteiger partial charge in [-0.25, -0.2) is 4.79 Å². The number of carbonyl (C=O) groups excluding carboxylic acids is 2. The number of aromatic nitrogens is 2. The van der Waals surface area contributed by atoms with Gasteiger partial charge in [0.15, 0.2) is 0 Å². The van der Waals surface area contributed by atoms with E-state index in [-0.39, 0.29) is 17.9 Å². The lowest BCUT2D eigenvalue weighted by molar-refractivity contribution is -0.118. The molecule has 0 saturated carbocycles. The average molecular weight is 394 g/mol. The van der Waals surface area contributed by atoms with E-state index in [1.807, 2.05) is 58.0 Å². The predicted octanol–water partition coefficient (Wildman–Crippen LogP) is 4.24. The standard InChI is InChI=1S/C22H26N4O3/c1-14-6-5-7-17(26-21(28)29-22(2,3)4)18-12-15(8-11-24-18)16-9-10-23-13-19(16)25-20(14)27/h5-6,8-14,17H,7H2,1-4H3,(H,25,27)(H,26,28)/b6-5+/t14-,17+/m1/s1. The third-order valence-corrected chi connectivity index (χ3v) is 4.43. The molecule has 2 N–H and O–H groups in total. The van der Waals surface area contributed by atoms with E-state index in [0.717, 1.165) is 11.1 Å². The Morgan fingerprint density at radius 3 is 2.83 bits per heavy atom. The molecule has 0 fully saturated rings. The topological polar surface area (TPSA) is 93.2 Å². The van der Waals surface area contributed by atoms with Gasteiger partial charge in [0, 0.05) is 18.0 Å². The summed E-state index contributed by atoms with van der Waals surface area (Å²) in [5.74, 6) is -0.460. The van der Waals surface area contributed by atoms with Crippen LogP contribution in [0.15, 0.2) is 48.9 Å². The van der Waals surface area contributed by atoms with E-state index in [0.29, 0.717) is 17.8 Å². The Morgan fingerprint density at radius 1 is 1.28 bits per heavy atom. The maximum absolute atomic E-state index is 12.5. The van der Waals surface area contributed by atoms with Gasteiger partial charge >= 0.3 is 6.09 Å². The molecule has 0 aromatic carbocycles. The van der Waals surface area contributed by atoms with Crippen molar-refractivity contribution in [2.24, 2.45) is 5.92 Å². The summed E-state index contributed by atoms with van der Waals surface area (Å²) >= 11 is 0. The number of ether oxygens (including phenoxy) is 1. The molecule has 7 nitrogen and oxygen atoms in total. The molecule has 1 aliphatic rings. The second kappa shape index (κ2) is 8.43. The highest BCUT2D eigenvalue weighted by atomic mass is 16.6. The molecule has 0 aliphatic carbocycles. The van der Waals surface area contributed by atoms with E-state index in [9.17, 15) is 9.59 Å². The zero-order valence-corrected chi connectivity index (χ0v) is 17.1. The van der Waals surface area contributed by atoms with Crippen LogP contribution in [-0.4, -0.2) is 27.6 Å². The summed E-state index contributed by atoms with van der Waals surface area (Å²) in [6.45, 7) is 7.27. The second-order valence-electron chi connectivity index (χ2n) is 8.03. The number of anilines is 1. The first-order valence-electron chi connectivity index (χ1n) is 9.60. The first-order valence-corrected chi connectivity index (χ1v) is 9.60. The van der Waals surface area contributed by atoms with Crippen LogP contribution in [0.4, 0.5) is 10.5 Å². The van der Waals surface area contributed by atoms with E-state index in [2.05, 4.69) is 20.6 Å². The van der Waals surface area contributed by atoms with Crippen molar-refractivity contribution in [2.45, 2.75) is 45.8 Å². The van der Waals surface area contributed by atoms with Crippen LogP contribution >= 0.6 is 0 Å². The summed E-state index contributed by atoms with van der Waals surface area (Å²) in [6, 6.07) is 5.23. The molecule has 2 amide bonds. The molecule has 2 aromatic heterocycles. The van der Waals surface area contributed by atoms with Crippen LogP contribution in [-0.2, 0) is 9.53 Å². The van der Waals surface area contributed by atoms with Gasteiger partial charge in [-0.3, -0.25) is 14.8 Å². The van der Waals surface area contributed by atoms with Gasteiger partial charge in [0.2, 0.25) is 5.91 Å². The van der Waals surface area contributed by atoms with Crippen molar-refractivity contribution in [3.63, 3.8) is 0 Å². The lowest BCUT2D eigenvalue weighted by Crippen LogP contribution is -2.35. The van der Waals surface area contributed by atoms with Gasteiger partial charge in [-0.05, 0) is 51.0 Å². The molecule has 2 bridgehead atoms. The Hall–Kier alpha value is -3.22. The van der Waals surface area contributed by atoms with Crippen molar-refractivity contribution < 1.29 is 14.3 Å². The summed E-state index contributed by atoms with van der Waals surface area (Å²) < 4.78 is 5.41. The molecule has 0 saturated heterocycles. The van der Waals surface area contributed by atoms with Gasteiger partial charge in [0.25, 0.3) is 0 Å². The van der Waals surface area contributed by atoms with Crippen LogP contribution in [0.2, 0.25) is 0 Å². The van der Waals surface area contributed by atoms with E-state index >= 15 is 0 Å². The summed E-state index contributed by atoms with van der Waals surface area (Å²) in [5.41, 5.74) is 2.46. The monoisotopic (exact) mass is 394 g/mol. The van der Waals surface area contributed by atoms with E-state index in [4.69, 9.17) is 4.74 Å². The fourth-order valence-electron chi connectivity index (χ4n) is 3.01. The molecule has 2 atom stereocenters. The summed E-state index contributed by atoms with van der Waals surface area (Å²) in [6.07, 6.45) is 8.68. The maximum Gasteiger partial charge on any atom is 0.408 e. The Kier molecular flexibility index (Phi) is 5.96. The van der Waals surface area contributed by atoms with Crippen molar-refractivity contribution in [3.05, 3.63) is 54.6 Å². The molecule has 0 spiro atoms. The van der Waals surface area contributed by atoms with E-state index in [1.54, 1.807) is 18.6 Å². The Morgan fingerprint density at radius 2 is 2.07 bits per heavy atom. The molecular formula is C22H26N4O3. The number of nitrogens with zero attached hydrogens (tertiary/aromatic N) is 2. The Bertz CT molecular complexity index is 934. The van der Waals surface area contributed by atoms with Crippen LogP contribution in [0.1, 0.15) is 45.9 Å². The van der Waals surface area contributed by atoms with Crippen LogP contribution in [0.3, 0.4) is 0 Å². The number of hydrogen-bond acceptors (Lipinski definition) is 5. The molecule has 29 heavy (non-hydrogen) atoms. The van der Waals surface area contributed by atoms with Crippen LogP contribution in [0.5, 0.6) is 0 Å².